The van der Waals surface area contributed by atoms with Crippen molar-refractivity contribution >= 4 is 23.4 Å². The number of nitrogens with zero attached hydrogens (tertiary/aromatic N) is 1. The second-order valence-electron chi connectivity index (χ2n) is 8.95. The van der Waals surface area contributed by atoms with E-state index in [4.69, 9.17) is 16.3 Å². The van der Waals surface area contributed by atoms with Crippen molar-refractivity contribution in [2.24, 2.45) is 0 Å². The molecule has 1 aromatic rings. The van der Waals surface area contributed by atoms with Gasteiger partial charge < -0.3 is 20.5 Å². The molecule has 1 heterocycles. The second kappa shape index (κ2) is 8.54. The zero-order chi connectivity index (χ0) is 22.2. The second-order valence-corrected chi connectivity index (χ2v) is 9.36. The van der Waals surface area contributed by atoms with Gasteiger partial charge in [-0.15, -0.1) is 0 Å². The highest BCUT2D eigenvalue weighted by Gasteiger charge is 2.55. The van der Waals surface area contributed by atoms with E-state index in [0.717, 1.165) is 19.0 Å². The molecule has 0 aromatic heterocycles. The van der Waals surface area contributed by atoms with Gasteiger partial charge in [-0.1, -0.05) is 11.6 Å². The standard InChI is InChI=1S/C21H28ClFN4O4/c1-27-9-4-16(26-27)19(30)25-20-5-7-21(8-6-20,17(28)11-20)24-18(29)12-31-13-2-3-14(22)15(23)10-13/h2-3,10,16-17,26,28H,4-9,11-12H2,1H3,(H,24,29)(H,25,30). The number of carbonyl (C=O) groups is 2. The molecule has 5 rings (SSSR count). The lowest BCUT2D eigenvalue weighted by molar-refractivity contribution is -0.137. The maximum Gasteiger partial charge on any atom is 0.258 e. The Morgan fingerprint density at radius 3 is 2.68 bits per heavy atom. The molecule has 170 valence electrons. The number of ether oxygens (including phenoxy) is 1. The van der Waals surface area contributed by atoms with Crippen LogP contribution in [0, 0.1) is 5.82 Å². The molecule has 0 spiro atoms. The van der Waals surface area contributed by atoms with Crippen LogP contribution in [-0.2, 0) is 9.59 Å². The molecule has 3 saturated carbocycles. The summed E-state index contributed by atoms with van der Waals surface area (Å²) in [6.45, 7) is 0.520. The van der Waals surface area contributed by atoms with Crippen LogP contribution in [0.3, 0.4) is 0 Å². The molecule has 1 saturated heterocycles. The third-order valence-corrected chi connectivity index (χ3v) is 7.11. The molecule has 1 aromatic carbocycles. The number of nitrogens with one attached hydrogen (secondary N) is 3. The minimum absolute atomic E-state index is 0.0190. The summed E-state index contributed by atoms with van der Waals surface area (Å²) in [4.78, 5) is 25.1. The van der Waals surface area contributed by atoms with Crippen LogP contribution in [0.4, 0.5) is 4.39 Å². The summed E-state index contributed by atoms with van der Waals surface area (Å²) in [5.41, 5.74) is 1.96. The van der Waals surface area contributed by atoms with Crippen molar-refractivity contribution in [3.8, 4) is 5.75 Å². The van der Waals surface area contributed by atoms with Gasteiger partial charge in [0.15, 0.2) is 6.61 Å². The Morgan fingerprint density at radius 1 is 1.32 bits per heavy atom. The lowest BCUT2D eigenvalue weighted by Gasteiger charge is -2.56. The third-order valence-electron chi connectivity index (χ3n) is 6.80. The van der Waals surface area contributed by atoms with Gasteiger partial charge in [0.25, 0.3) is 5.91 Å². The number of fused-ring (bicyclic) bond motifs is 3. The van der Waals surface area contributed by atoms with Crippen molar-refractivity contribution < 1.29 is 23.8 Å². The van der Waals surface area contributed by atoms with E-state index >= 15 is 0 Å². The monoisotopic (exact) mass is 454 g/mol. The van der Waals surface area contributed by atoms with Crippen LogP contribution < -0.4 is 20.8 Å². The van der Waals surface area contributed by atoms with Gasteiger partial charge in [0.05, 0.1) is 16.7 Å². The fourth-order valence-electron chi connectivity index (χ4n) is 4.95. The quantitative estimate of drug-likeness (QED) is 0.513. The number of hydrogen-bond acceptors (Lipinski definition) is 6. The van der Waals surface area contributed by atoms with Crippen molar-refractivity contribution in [3.63, 3.8) is 0 Å². The van der Waals surface area contributed by atoms with Gasteiger partial charge in [0.2, 0.25) is 5.91 Å². The van der Waals surface area contributed by atoms with Crippen LogP contribution in [0.1, 0.15) is 38.5 Å². The Labute approximate surface area is 185 Å². The molecule has 2 bridgehead atoms. The third kappa shape index (κ3) is 4.64. The average molecular weight is 455 g/mol. The molecule has 1 aliphatic heterocycles. The van der Waals surface area contributed by atoms with Crippen molar-refractivity contribution in [1.82, 2.24) is 21.1 Å². The Bertz CT molecular complexity index is 862. The summed E-state index contributed by atoms with van der Waals surface area (Å²) in [7, 11) is 1.90. The molecular formula is C21H28ClFN4O4. The van der Waals surface area contributed by atoms with Gasteiger partial charge in [-0.25, -0.2) is 14.8 Å². The van der Waals surface area contributed by atoms with E-state index in [9.17, 15) is 19.1 Å². The molecule has 3 aliphatic carbocycles. The van der Waals surface area contributed by atoms with E-state index in [1.165, 1.54) is 12.1 Å². The Kier molecular flexibility index (Phi) is 6.13. The first kappa shape index (κ1) is 22.3. The van der Waals surface area contributed by atoms with E-state index in [-0.39, 0.29) is 35.2 Å². The number of hydrazine groups is 1. The lowest BCUT2D eigenvalue weighted by Crippen LogP contribution is -2.71. The van der Waals surface area contributed by atoms with Crippen LogP contribution >= 0.6 is 11.6 Å². The number of rotatable bonds is 6. The average Bonchev–Trinajstić information content (AvgIpc) is 3.17. The fourth-order valence-corrected chi connectivity index (χ4v) is 5.06. The number of aliphatic hydroxyl groups excluding tert-OH is 1. The molecule has 4 N–H and O–H groups in total. The molecular weight excluding hydrogens is 427 g/mol. The maximum atomic E-state index is 13.5. The zero-order valence-electron chi connectivity index (χ0n) is 17.4. The molecule has 4 fully saturated rings. The first-order valence-corrected chi connectivity index (χ1v) is 10.9. The minimum Gasteiger partial charge on any atom is -0.484 e. The molecule has 2 unspecified atom stereocenters. The lowest BCUT2D eigenvalue weighted by atomic mass is 9.59. The summed E-state index contributed by atoms with van der Waals surface area (Å²) >= 11 is 5.65. The predicted molar refractivity (Wildman–Crippen MR) is 112 cm³/mol. The normalized spacial score (nSPS) is 32.6. The van der Waals surface area contributed by atoms with Crippen molar-refractivity contribution in [2.75, 3.05) is 20.2 Å². The number of aliphatic hydroxyl groups is 1. The molecule has 2 amide bonds. The largest absolute Gasteiger partial charge is 0.484 e. The van der Waals surface area contributed by atoms with Crippen LogP contribution in [0.25, 0.3) is 0 Å². The highest BCUT2D eigenvalue weighted by Crippen LogP contribution is 2.47. The number of amides is 2. The summed E-state index contributed by atoms with van der Waals surface area (Å²) in [6.07, 6.45) is 2.86. The van der Waals surface area contributed by atoms with E-state index in [0.29, 0.717) is 32.1 Å². The Balaban J connectivity index is 1.31. The van der Waals surface area contributed by atoms with Gasteiger partial charge in [-0.2, -0.15) is 0 Å². The zero-order valence-corrected chi connectivity index (χ0v) is 18.2. The van der Waals surface area contributed by atoms with Crippen molar-refractivity contribution in [3.05, 3.63) is 29.0 Å². The van der Waals surface area contributed by atoms with Crippen LogP contribution in [0.15, 0.2) is 18.2 Å². The number of hydrogen-bond donors (Lipinski definition) is 4. The van der Waals surface area contributed by atoms with Crippen LogP contribution in [0.2, 0.25) is 5.02 Å². The molecule has 4 aliphatic rings. The Morgan fingerprint density at radius 2 is 2.06 bits per heavy atom. The summed E-state index contributed by atoms with van der Waals surface area (Å²) in [5.74, 6) is -0.842. The van der Waals surface area contributed by atoms with Crippen LogP contribution in [0.5, 0.6) is 5.75 Å². The van der Waals surface area contributed by atoms with Gasteiger partial charge in [-0.05, 0) is 50.7 Å². The van der Waals surface area contributed by atoms with Gasteiger partial charge >= 0.3 is 0 Å². The summed E-state index contributed by atoms with van der Waals surface area (Å²) in [5, 5.41) is 18.8. The molecule has 0 radical (unpaired) electrons. The smallest absolute Gasteiger partial charge is 0.258 e. The fraction of sp³-hybridized carbons (Fsp3) is 0.619. The molecule has 31 heavy (non-hydrogen) atoms. The molecule has 10 heteroatoms. The van der Waals surface area contributed by atoms with E-state index in [1.807, 2.05) is 12.1 Å². The number of carbonyl (C=O) groups excluding carboxylic acids is 2. The summed E-state index contributed by atoms with van der Waals surface area (Å²) in [6, 6.07) is 3.72. The van der Waals surface area contributed by atoms with Gasteiger partial charge in [0.1, 0.15) is 17.6 Å². The highest BCUT2D eigenvalue weighted by atomic mass is 35.5. The highest BCUT2D eigenvalue weighted by molar-refractivity contribution is 6.30. The maximum absolute atomic E-state index is 13.5. The van der Waals surface area contributed by atoms with Gasteiger partial charge in [-0.3, -0.25) is 9.59 Å². The molecule has 8 nitrogen and oxygen atoms in total. The number of halogens is 2. The Hall–Kier alpha value is -1.94. The first-order valence-electron chi connectivity index (χ1n) is 10.6. The topological polar surface area (TPSA) is 103 Å². The first-order chi connectivity index (χ1) is 14.7. The van der Waals surface area contributed by atoms with Crippen LogP contribution in [-0.4, -0.2) is 65.4 Å². The SMILES string of the molecule is CN1CCC(C(=O)NC23CCC(NC(=O)COc4ccc(Cl)c(F)c4)(CC2)C(O)C3)N1. The van der Waals surface area contributed by atoms with E-state index < -0.39 is 23.0 Å². The van der Waals surface area contributed by atoms with Crippen molar-refractivity contribution in [2.45, 2.75) is 61.7 Å². The van der Waals surface area contributed by atoms with E-state index in [2.05, 4.69) is 16.1 Å². The minimum atomic E-state index is -0.772. The predicted octanol–water partition coefficient (Wildman–Crippen LogP) is 1.12. The number of benzene rings is 1. The molecule has 2 atom stereocenters. The van der Waals surface area contributed by atoms with Gasteiger partial charge in [0, 0.05) is 25.2 Å². The van der Waals surface area contributed by atoms with Crippen molar-refractivity contribution in [1.29, 1.82) is 0 Å². The van der Waals surface area contributed by atoms with E-state index in [1.54, 1.807) is 0 Å². The summed E-state index contributed by atoms with van der Waals surface area (Å²) < 4.78 is 18.9.